The molecule has 2 aromatic carbocycles. The second-order valence-electron chi connectivity index (χ2n) is 8.94. The zero-order chi connectivity index (χ0) is 25.9. The fraction of sp³-hybridized carbons (Fsp3) is 0.370. The highest BCUT2D eigenvalue weighted by Gasteiger charge is 2.33. The van der Waals surface area contributed by atoms with E-state index < -0.39 is 21.9 Å². The second kappa shape index (κ2) is 10.7. The highest BCUT2D eigenvalue weighted by atomic mass is 32.2. The summed E-state index contributed by atoms with van der Waals surface area (Å²) in [5, 5.41) is 0. The largest absolute Gasteiger partial charge is 0.464 e. The van der Waals surface area contributed by atoms with E-state index in [9.17, 15) is 18.0 Å². The number of methoxy groups -OCH3 is 1. The van der Waals surface area contributed by atoms with Crippen LogP contribution >= 0.6 is 0 Å². The van der Waals surface area contributed by atoms with Gasteiger partial charge in [-0.05, 0) is 42.9 Å². The lowest BCUT2D eigenvalue weighted by molar-refractivity contribution is -0.120. The third-order valence-corrected chi connectivity index (χ3v) is 7.68. The van der Waals surface area contributed by atoms with Crippen LogP contribution in [0.25, 0.3) is 11.1 Å². The van der Waals surface area contributed by atoms with E-state index in [1.54, 1.807) is 18.2 Å². The minimum Gasteiger partial charge on any atom is -0.464 e. The number of rotatable bonds is 10. The zero-order valence-corrected chi connectivity index (χ0v) is 21.6. The van der Waals surface area contributed by atoms with E-state index in [1.165, 1.54) is 13.2 Å². The number of carbonyl (C=O) groups excluding carboxylic acids is 2. The molecule has 190 valence electrons. The van der Waals surface area contributed by atoms with Crippen molar-refractivity contribution in [2.75, 3.05) is 7.11 Å². The lowest BCUT2D eigenvalue weighted by Crippen LogP contribution is -2.32. The van der Waals surface area contributed by atoms with Crippen LogP contribution in [0.1, 0.15) is 60.7 Å². The molecule has 8 nitrogen and oxygen atoms in total. The molecule has 0 radical (unpaired) electrons. The summed E-state index contributed by atoms with van der Waals surface area (Å²) < 4.78 is 35.1. The van der Waals surface area contributed by atoms with Crippen molar-refractivity contribution < 1.29 is 22.7 Å². The van der Waals surface area contributed by atoms with Gasteiger partial charge >= 0.3 is 5.97 Å². The van der Waals surface area contributed by atoms with Gasteiger partial charge in [0.1, 0.15) is 5.82 Å². The third-order valence-electron chi connectivity index (χ3n) is 6.27. The fourth-order valence-corrected chi connectivity index (χ4v) is 5.51. The Bertz CT molecular complexity index is 1370. The Hall–Kier alpha value is -3.46. The highest BCUT2D eigenvalue weighted by Crippen LogP contribution is 2.31. The van der Waals surface area contributed by atoms with Crippen LogP contribution in [-0.4, -0.2) is 37.0 Å². The summed E-state index contributed by atoms with van der Waals surface area (Å²) in [6.45, 7) is 4.46. The Kier molecular flexibility index (Phi) is 7.59. The fourth-order valence-electron chi connectivity index (χ4n) is 4.24. The smallest absolute Gasteiger partial charge is 0.356 e. The van der Waals surface area contributed by atoms with Gasteiger partial charge in [-0.2, -0.15) is 0 Å². The van der Waals surface area contributed by atoms with Crippen LogP contribution in [0.2, 0.25) is 0 Å². The van der Waals surface area contributed by atoms with E-state index in [4.69, 9.17) is 4.74 Å². The van der Waals surface area contributed by atoms with Crippen molar-refractivity contribution in [3.8, 4) is 11.1 Å². The van der Waals surface area contributed by atoms with Crippen molar-refractivity contribution >= 4 is 21.9 Å². The molecule has 1 N–H and O–H groups in total. The van der Waals surface area contributed by atoms with Crippen LogP contribution in [0, 0.1) is 5.92 Å². The molecule has 1 fully saturated rings. The molecule has 1 aromatic heterocycles. The van der Waals surface area contributed by atoms with Gasteiger partial charge in [-0.3, -0.25) is 4.79 Å². The number of esters is 1. The minimum absolute atomic E-state index is 0.0622. The van der Waals surface area contributed by atoms with Crippen molar-refractivity contribution in [1.29, 1.82) is 0 Å². The van der Waals surface area contributed by atoms with Crippen molar-refractivity contribution in [2.45, 2.75) is 57.4 Å². The monoisotopic (exact) mass is 509 g/mol. The molecule has 3 aromatic rings. The first kappa shape index (κ1) is 25.6. The molecule has 1 aliphatic rings. The maximum atomic E-state index is 13.0. The van der Waals surface area contributed by atoms with Gasteiger partial charge < -0.3 is 9.30 Å². The highest BCUT2D eigenvalue weighted by molar-refractivity contribution is 7.90. The predicted molar refractivity (Wildman–Crippen MR) is 136 cm³/mol. The zero-order valence-electron chi connectivity index (χ0n) is 20.8. The van der Waals surface area contributed by atoms with Crippen LogP contribution in [-0.2, 0) is 38.9 Å². The number of sulfonamides is 1. The lowest BCUT2D eigenvalue weighted by atomic mass is 10.0. The molecule has 9 heteroatoms. The summed E-state index contributed by atoms with van der Waals surface area (Å²) >= 11 is 0. The number of benzene rings is 2. The molecule has 0 spiro atoms. The summed E-state index contributed by atoms with van der Waals surface area (Å²) in [5.74, 6) is -0.237. The maximum absolute atomic E-state index is 13.0. The van der Waals surface area contributed by atoms with Crippen LogP contribution in [0.4, 0.5) is 0 Å². The van der Waals surface area contributed by atoms with Crippen molar-refractivity contribution in [3.05, 3.63) is 71.3 Å². The number of nitrogens with zero attached hydrogens (tertiary/aromatic N) is 2. The van der Waals surface area contributed by atoms with E-state index in [0.29, 0.717) is 35.5 Å². The van der Waals surface area contributed by atoms with Gasteiger partial charge in [0.2, 0.25) is 5.91 Å². The Balaban J connectivity index is 1.64. The predicted octanol–water partition coefficient (Wildman–Crippen LogP) is 4.11. The average molecular weight is 510 g/mol. The first-order valence-electron chi connectivity index (χ1n) is 12.2. The number of nitrogens with one attached hydrogen (secondary N) is 1. The topological polar surface area (TPSA) is 107 Å². The molecule has 0 unspecified atom stereocenters. The van der Waals surface area contributed by atoms with Crippen LogP contribution in [0.3, 0.4) is 0 Å². The van der Waals surface area contributed by atoms with Gasteiger partial charge in [0.15, 0.2) is 5.69 Å². The van der Waals surface area contributed by atoms with Crippen LogP contribution in [0.15, 0.2) is 53.4 Å². The molecule has 1 amide bonds. The molecule has 1 saturated carbocycles. The van der Waals surface area contributed by atoms with Gasteiger partial charge in [-0.25, -0.2) is 22.9 Å². The van der Waals surface area contributed by atoms with Gasteiger partial charge in [0, 0.05) is 24.4 Å². The molecule has 0 atom stereocenters. The number of hydrogen-bond acceptors (Lipinski definition) is 6. The van der Waals surface area contributed by atoms with E-state index >= 15 is 0 Å². The SMILES string of the molecule is CCCc1nc(CC)c(C(=O)OC)n1Cc1ccc(-c2ccccc2S(=O)(=O)NC(=O)C2CC2)cc1. The van der Waals surface area contributed by atoms with Gasteiger partial charge in [-0.15, -0.1) is 0 Å². The van der Waals surface area contributed by atoms with Crippen LogP contribution < -0.4 is 4.72 Å². The first-order valence-corrected chi connectivity index (χ1v) is 13.7. The molecule has 0 saturated heterocycles. The quantitative estimate of drug-likeness (QED) is 0.412. The molecule has 1 aliphatic carbocycles. The van der Waals surface area contributed by atoms with E-state index in [0.717, 1.165) is 37.1 Å². The number of carbonyl (C=O) groups is 2. The summed E-state index contributed by atoms with van der Waals surface area (Å²) in [6, 6.07) is 14.1. The Morgan fingerprint density at radius 2 is 1.78 bits per heavy atom. The summed E-state index contributed by atoms with van der Waals surface area (Å²) in [5.41, 5.74) is 3.34. The molecule has 1 heterocycles. The normalized spacial score (nSPS) is 13.4. The average Bonchev–Trinajstić information content (AvgIpc) is 3.68. The minimum atomic E-state index is -4.00. The van der Waals surface area contributed by atoms with Gasteiger partial charge in [-0.1, -0.05) is 56.3 Å². The van der Waals surface area contributed by atoms with Gasteiger partial charge in [0.25, 0.3) is 10.0 Å². The molecule has 4 rings (SSSR count). The number of aryl methyl sites for hydroxylation is 2. The summed E-state index contributed by atoms with van der Waals surface area (Å²) in [7, 11) is -2.63. The second-order valence-corrected chi connectivity index (χ2v) is 10.6. The molecule has 0 bridgehead atoms. The Morgan fingerprint density at radius 1 is 1.08 bits per heavy atom. The standard InChI is InChI=1S/C27H31N3O5S/c1-4-8-24-28-22(5-2)25(27(32)35-3)30(24)17-18-11-13-19(14-12-18)21-9-6-7-10-23(21)36(33,34)29-26(31)20-15-16-20/h6-7,9-14,20H,4-5,8,15-17H2,1-3H3,(H,29,31). The molecular weight excluding hydrogens is 478 g/mol. The molecule has 36 heavy (non-hydrogen) atoms. The molecular formula is C27H31N3O5S. The number of aromatic nitrogens is 2. The first-order chi connectivity index (χ1) is 17.3. The number of ether oxygens (including phenoxy) is 1. The molecule has 0 aliphatic heterocycles. The van der Waals surface area contributed by atoms with E-state index in [-0.39, 0.29) is 10.8 Å². The number of hydrogen-bond donors (Lipinski definition) is 1. The third kappa shape index (κ3) is 5.36. The number of amides is 1. The van der Waals surface area contributed by atoms with Crippen LogP contribution in [0.5, 0.6) is 0 Å². The Labute approximate surface area is 211 Å². The Morgan fingerprint density at radius 3 is 2.39 bits per heavy atom. The number of imidazole rings is 1. The van der Waals surface area contributed by atoms with E-state index in [2.05, 4.69) is 16.6 Å². The maximum Gasteiger partial charge on any atom is 0.356 e. The van der Waals surface area contributed by atoms with Crippen molar-refractivity contribution in [2.24, 2.45) is 5.92 Å². The van der Waals surface area contributed by atoms with E-state index in [1.807, 2.05) is 35.8 Å². The van der Waals surface area contributed by atoms with Gasteiger partial charge in [0.05, 0.1) is 17.7 Å². The lowest BCUT2D eigenvalue weighted by Gasteiger charge is -2.14. The van der Waals surface area contributed by atoms with Crippen molar-refractivity contribution in [3.63, 3.8) is 0 Å². The van der Waals surface area contributed by atoms with Crippen molar-refractivity contribution in [1.82, 2.24) is 14.3 Å². The summed E-state index contributed by atoms with van der Waals surface area (Å²) in [4.78, 5) is 29.4. The summed E-state index contributed by atoms with van der Waals surface area (Å²) in [6.07, 6.45) is 3.69.